The fraction of sp³-hybridized carbons (Fsp3) is 0.167. The van der Waals surface area contributed by atoms with E-state index in [1.54, 1.807) is 43.3 Å². The molecular formula is C24H21N3O4. The van der Waals surface area contributed by atoms with Crippen molar-refractivity contribution >= 4 is 23.4 Å². The first kappa shape index (κ1) is 21.5. The molecule has 0 fully saturated rings. The Morgan fingerprint density at radius 2 is 1.87 bits per heavy atom. The van der Waals surface area contributed by atoms with Crippen molar-refractivity contribution in [3.63, 3.8) is 0 Å². The Hall–Kier alpha value is -4.18. The van der Waals surface area contributed by atoms with Crippen molar-refractivity contribution in [1.82, 2.24) is 0 Å². The van der Waals surface area contributed by atoms with E-state index in [9.17, 15) is 20.2 Å². The molecule has 0 aliphatic rings. The lowest BCUT2D eigenvalue weighted by Crippen LogP contribution is -2.13. The molecule has 0 aliphatic carbocycles. The number of nitro benzene ring substituents is 1. The summed E-state index contributed by atoms with van der Waals surface area (Å²) in [5.41, 5.74) is 2.57. The fourth-order valence-corrected chi connectivity index (χ4v) is 3.02. The number of amides is 1. The molecule has 3 aromatic rings. The van der Waals surface area contributed by atoms with Crippen molar-refractivity contribution in [3.8, 4) is 17.4 Å². The van der Waals surface area contributed by atoms with Gasteiger partial charge in [0.2, 0.25) is 0 Å². The number of nitrogens with one attached hydrogen (secondary N) is 1. The number of carbonyl (C=O) groups excluding carboxylic acids is 1. The van der Waals surface area contributed by atoms with Gasteiger partial charge in [0.05, 0.1) is 10.5 Å². The van der Waals surface area contributed by atoms with Crippen LogP contribution in [-0.2, 0) is 4.79 Å². The molecule has 1 N–H and O–H groups in total. The van der Waals surface area contributed by atoms with Crippen LogP contribution in [0.5, 0.6) is 0 Å². The zero-order chi connectivity index (χ0) is 22.5. The van der Waals surface area contributed by atoms with Gasteiger partial charge in [-0.3, -0.25) is 14.9 Å². The molecule has 31 heavy (non-hydrogen) atoms. The Morgan fingerprint density at radius 1 is 1.16 bits per heavy atom. The van der Waals surface area contributed by atoms with Gasteiger partial charge in [-0.15, -0.1) is 0 Å². The minimum atomic E-state index is -0.570. The molecule has 0 saturated carbocycles. The van der Waals surface area contributed by atoms with Crippen molar-refractivity contribution in [2.24, 2.45) is 0 Å². The van der Waals surface area contributed by atoms with Crippen molar-refractivity contribution in [1.29, 1.82) is 5.26 Å². The molecule has 1 heterocycles. The Kier molecular flexibility index (Phi) is 6.32. The highest BCUT2D eigenvalue weighted by molar-refractivity contribution is 6.09. The standard InChI is InChI=1S/C24H21N3O4/c1-15(2)17-5-7-19(8-6-17)26-24(28)18(14-25)13-20-9-11-23(31-20)21-10-4-16(3)12-22(21)27(29)30/h4-13,15H,1-3H3,(H,26,28)/b18-13+. The van der Waals surface area contributed by atoms with Gasteiger partial charge < -0.3 is 9.73 Å². The number of benzene rings is 2. The molecule has 7 nitrogen and oxygen atoms in total. The van der Waals surface area contributed by atoms with Crippen LogP contribution in [0.1, 0.15) is 36.7 Å². The summed E-state index contributed by atoms with van der Waals surface area (Å²) in [5.74, 6) is 0.322. The third kappa shape index (κ3) is 5.06. The summed E-state index contributed by atoms with van der Waals surface area (Å²) >= 11 is 0. The van der Waals surface area contributed by atoms with Gasteiger partial charge in [-0.05, 0) is 54.3 Å². The van der Waals surface area contributed by atoms with Gasteiger partial charge in [0.25, 0.3) is 11.6 Å². The van der Waals surface area contributed by atoms with E-state index in [-0.39, 0.29) is 22.8 Å². The van der Waals surface area contributed by atoms with Crippen LogP contribution in [0.3, 0.4) is 0 Å². The van der Waals surface area contributed by atoms with E-state index >= 15 is 0 Å². The van der Waals surface area contributed by atoms with Crippen LogP contribution in [-0.4, -0.2) is 10.8 Å². The normalized spacial score (nSPS) is 11.3. The van der Waals surface area contributed by atoms with Crippen molar-refractivity contribution < 1.29 is 14.1 Å². The van der Waals surface area contributed by atoms with Gasteiger partial charge in [-0.1, -0.05) is 32.0 Å². The number of nitriles is 1. The van der Waals surface area contributed by atoms with Gasteiger partial charge in [-0.2, -0.15) is 5.26 Å². The van der Waals surface area contributed by atoms with Crippen LogP contribution < -0.4 is 5.32 Å². The number of nitro groups is 1. The Labute approximate surface area is 179 Å². The molecule has 2 aromatic carbocycles. The number of nitrogens with zero attached hydrogens (tertiary/aromatic N) is 2. The molecule has 0 spiro atoms. The molecule has 3 rings (SSSR count). The Morgan fingerprint density at radius 3 is 2.48 bits per heavy atom. The first-order valence-corrected chi connectivity index (χ1v) is 9.67. The molecule has 7 heteroatoms. The molecule has 0 radical (unpaired) electrons. The molecule has 0 bridgehead atoms. The van der Waals surface area contributed by atoms with Crippen molar-refractivity contribution in [2.45, 2.75) is 26.7 Å². The largest absolute Gasteiger partial charge is 0.456 e. The zero-order valence-electron chi connectivity index (χ0n) is 17.4. The molecule has 1 aromatic heterocycles. The third-order valence-electron chi connectivity index (χ3n) is 4.73. The first-order valence-electron chi connectivity index (χ1n) is 9.67. The van der Waals surface area contributed by atoms with Crippen LogP contribution in [0, 0.1) is 28.4 Å². The first-order chi connectivity index (χ1) is 14.8. The van der Waals surface area contributed by atoms with Crippen LogP contribution in [0.2, 0.25) is 0 Å². The molecule has 0 atom stereocenters. The highest BCUT2D eigenvalue weighted by Crippen LogP contribution is 2.32. The second kappa shape index (κ2) is 9.09. The zero-order valence-corrected chi connectivity index (χ0v) is 17.4. The summed E-state index contributed by atoms with van der Waals surface area (Å²) in [6.07, 6.45) is 1.31. The third-order valence-corrected chi connectivity index (χ3v) is 4.73. The van der Waals surface area contributed by atoms with Crippen molar-refractivity contribution in [2.75, 3.05) is 5.32 Å². The van der Waals surface area contributed by atoms with Gasteiger partial charge in [-0.25, -0.2) is 0 Å². The minimum Gasteiger partial charge on any atom is -0.456 e. The van der Waals surface area contributed by atoms with E-state index in [1.165, 1.54) is 12.1 Å². The Bertz CT molecular complexity index is 1200. The smallest absolute Gasteiger partial charge is 0.280 e. The lowest BCUT2D eigenvalue weighted by atomic mass is 10.0. The average molecular weight is 415 g/mol. The minimum absolute atomic E-state index is 0.0760. The number of hydrogen-bond acceptors (Lipinski definition) is 5. The summed E-state index contributed by atoms with van der Waals surface area (Å²) in [6, 6.07) is 17.2. The van der Waals surface area contributed by atoms with Crippen LogP contribution >= 0.6 is 0 Å². The number of carbonyl (C=O) groups is 1. The van der Waals surface area contributed by atoms with Crippen molar-refractivity contribution in [3.05, 3.63) is 87.2 Å². The Balaban J connectivity index is 1.83. The summed E-state index contributed by atoms with van der Waals surface area (Å²) in [5, 5.41) is 23.5. The van der Waals surface area contributed by atoms with Crippen LogP contribution in [0.4, 0.5) is 11.4 Å². The molecule has 0 saturated heterocycles. The number of rotatable bonds is 6. The van der Waals surface area contributed by atoms with Gasteiger partial charge in [0, 0.05) is 17.8 Å². The number of furan rings is 1. The summed E-state index contributed by atoms with van der Waals surface area (Å²) in [4.78, 5) is 23.4. The second-order valence-corrected chi connectivity index (χ2v) is 7.38. The number of hydrogen-bond donors (Lipinski definition) is 1. The summed E-state index contributed by atoms with van der Waals surface area (Å²) in [6.45, 7) is 5.92. The second-order valence-electron chi connectivity index (χ2n) is 7.38. The predicted octanol–water partition coefficient (Wildman–Crippen LogP) is 5.83. The molecule has 0 unspecified atom stereocenters. The maximum absolute atomic E-state index is 12.5. The molecular weight excluding hydrogens is 394 g/mol. The average Bonchev–Trinajstić information content (AvgIpc) is 3.20. The number of anilines is 1. The van der Waals surface area contributed by atoms with E-state index in [0.717, 1.165) is 11.1 Å². The van der Waals surface area contributed by atoms with Crippen LogP contribution in [0.15, 0.2) is 64.6 Å². The summed E-state index contributed by atoms with van der Waals surface area (Å²) in [7, 11) is 0. The topological polar surface area (TPSA) is 109 Å². The maximum Gasteiger partial charge on any atom is 0.280 e. The maximum atomic E-state index is 12.5. The van der Waals surface area contributed by atoms with E-state index in [1.807, 2.05) is 18.2 Å². The quantitative estimate of drug-likeness (QED) is 0.236. The summed E-state index contributed by atoms with van der Waals surface area (Å²) < 4.78 is 5.66. The fourth-order valence-electron chi connectivity index (χ4n) is 3.02. The highest BCUT2D eigenvalue weighted by Gasteiger charge is 2.18. The molecule has 0 aliphatic heterocycles. The monoisotopic (exact) mass is 415 g/mol. The highest BCUT2D eigenvalue weighted by atomic mass is 16.6. The van der Waals surface area contributed by atoms with E-state index < -0.39 is 10.8 Å². The molecule has 1 amide bonds. The predicted molar refractivity (Wildman–Crippen MR) is 118 cm³/mol. The van der Waals surface area contributed by atoms with Gasteiger partial charge in [0.1, 0.15) is 23.2 Å². The van der Waals surface area contributed by atoms with E-state index in [2.05, 4.69) is 19.2 Å². The SMILES string of the molecule is Cc1ccc(-c2ccc(/C=C(\C#N)C(=O)Nc3ccc(C(C)C)cc3)o2)c([N+](=O)[O-])c1. The van der Waals surface area contributed by atoms with Gasteiger partial charge in [0.15, 0.2) is 0 Å². The lowest BCUT2D eigenvalue weighted by Gasteiger charge is -2.08. The number of aryl methyl sites for hydroxylation is 1. The molecule has 156 valence electrons. The van der Waals surface area contributed by atoms with Crippen LogP contribution in [0.25, 0.3) is 17.4 Å². The van der Waals surface area contributed by atoms with E-state index in [0.29, 0.717) is 17.2 Å². The lowest BCUT2D eigenvalue weighted by molar-refractivity contribution is -0.384. The van der Waals surface area contributed by atoms with E-state index in [4.69, 9.17) is 4.42 Å². The van der Waals surface area contributed by atoms with Gasteiger partial charge >= 0.3 is 0 Å².